The molecule has 0 heterocycles. The average Bonchev–Trinajstić information content (AvgIpc) is 1.80. The van der Waals surface area contributed by atoms with Gasteiger partial charge in [-0.15, -0.1) is 0 Å². The van der Waals surface area contributed by atoms with Crippen LogP contribution in [0.2, 0.25) is 0 Å². The summed E-state index contributed by atoms with van der Waals surface area (Å²) in [5.41, 5.74) is 1.84. The fourth-order valence-electron chi connectivity index (χ4n) is 0.664. The zero-order chi connectivity index (χ0) is 6.85. The van der Waals surface area contributed by atoms with E-state index < -0.39 is 0 Å². The largest absolute Gasteiger partial charge is 0.301 e. The maximum absolute atomic E-state index is 7.23. The van der Waals surface area contributed by atoms with Crippen molar-refractivity contribution in [1.82, 2.24) is 0 Å². The first-order valence-electron chi connectivity index (χ1n) is 2.74. The summed E-state index contributed by atoms with van der Waals surface area (Å²) in [7, 11) is 0. The highest BCUT2D eigenvalue weighted by Gasteiger charge is 2.00. The molecule has 0 saturated heterocycles. The zero-order valence-electron chi connectivity index (χ0n) is 5.23. The third-order valence-electron chi connectivity index (χ3n) is 1.23. The average molecular weight is 120 g/mol. The van der Waals surface area contributed by atoms with Gasteiger partial charge in [0.05, 0.1) is 11.4 Å². The third-order valence-corrected chi connectivity index (χ3v) is 1.23. The van der Waals surface area contributed by atoms with Crippen molar-refractivity contribution < 1.29 is 0 Å². The Hall–Kier alpha value is -1.18. The normalized spacial score (nSPS) is 18.1. The van der Waals surface area contributed by atoms with E-state index in [4.69, 9.17) is 10.8 Å². The van der Waals surface area contributed by atoms with Crippen LogP contribution in [0.3, 0.4) is 0 Å². The van der Waals surface area contributed by atoms with Crippen LogP contribution in [0.25, 0.3) is 0 Å². The summed E-state index contributed by atoms with van der Waals surface area (Å²) in [6, 6.07) is 0. The van der Waals surface area contributed by atoms with Crippen LogP contribution in [0.5, 0.6) is 0 Å². The minimum atomic E-state index is 0.475. The minimum absolute atomic E-state index is 0.475. The first-order chi connectivity index (χ1) is 4.20. The van der Waals surface area contributed by atoms with Crippen molar-refractivity contribution in [2.24, 2.45) is 0 Å². The monoisotopic (exact) mass is 120 g/mol. The molecule has 0 unspecified atom stereocenters. The predicted octanol–water partition coefficient (Wildman–Crippen LogP) is 1.54. The Kier molecular flexibility index (Phi) is 1.30. The Bertz CT molecular complexity index is 221. The van der Waals surface area contributed by atoms with Gasteiger partial charge in [0.15, 0.2) is 0 Å². The molecule has 0 bridgehead atoms. The van der Waals surface area contributed by atoms with Crippen LogP contribution in [-0.4, -0.2) is 11.4 Å². The van der Waals surface area contributed by atoms with E-state index in [9.17, 15) is 0 Å². The van der Waals surface area contributed by atoms with Gasteiger partial charge in [-0.1, -0.05) is 0 Å². The van der Waals surface area contributed by atoms with Crippen LogP contribution in [-0.2, 0) is 0 Å². The molecule has 0 fully saturated rings. The number of hydrogen-bond donors (Lipinski definition) is 2. The molecule has 0 saturated carbocycles. The van der Waals surface area contributed by atoms with E-state index in [1.54, 1.807) is 18.2 Å². The fraction of sp³-hybridized carbons (Fsp3) is 0.143. The summed E-state index contributed by atoms with van der Waals surface area (Å²) in [5.74, 6) is 0. The topological polar surface area (TPSA) is 47.7 Å². The van der Waals surface area contributed by atoms with E-state index in [1.807, 2.05) is 6.92 Å². The summed E-state index contributed by atoms with van der Waals surface area (Å²) in [6.45, 7) is 1.83. The molecule has 46 valence electrons. The zero-order valence-corrected chi connectivity index (χ0v) is 5.23. The highest BCUT2D eigenvalue weighted by molar-refractivity contribution is 6.18. The molecular weight excluding hydrogens is 112 g/mol. The molecule has 0 radical (unpaired) electrons. The molecule has 9 heavy (non-hydrogen) atoms. The second-order valence-corrected chi connectivity index (χ2v) is 2.03. The summed E-state index contributed by atoms with van der Waals surface area (Å²) >= 11 is 0. The molecule has 1 aliphatic carbocycles. The van der Waals surface area contributed by atoms with Crippen LogP contribution in [0, 0.1) is 10.8 Å². The van der Waals surface area contributed by atoms with Crippen molar-refractivity contribution >= 4 is 11.4 Å². The van der Waals surface area contributed by atoms with Crippen molar-refractivity contribution in [1.29, 1.82) is 10.8 Å². The smallest absolute Gasteiger partial charge is 0.0570 e. The SMILES string of the molecule is CC1=CC(=N)C=CC1=N. The van der Waals surface area contributed by atoms with Gasteiger partial charge in [-0.25, -0.2) is 0 Å². The fourth-order valence-corrected chi connectivity index (χ4v) is 0.664. The predicted molar refractivity (Wildman–Crippen MR) is 38.4 cm³/mol. The Morgan fingerprint density at radius 2 is 1.89 bits per heavy atom. The number of rotatable bonds is 0. The number of hydrogen-bond acceptors (Lipinski definition) is 2. The Labute approximate surface area is 53.9 Å². The molecule has 0 aromatic heterocycles. The van der Waals surface area contributed by atoms with Crippen LogP contribution >= 0.6 is 0 Å². The highest BCUT2D eigenvalue weighted by Crippen LogP contribution is 2.02. The molecule has 0 atom stereocenters. The first kappa shape index (κ1) is 5.95. The Balaban J connectivity index is 2.95. The lowest BCUT2D eigenvalue weighted by molar-refractivity contribution is 1.44. The molecule has 0 amide bonds. The molecule has 2 N–H and O–H groups in total. The second kappa shape index (κ2) is 1.97. The van der Waals surface area contributed by atoms with Crippen molar-refractivity contribution in [3.8, 4) is 0 Å². The number of nitrogens with one attached hydrogen (secondary N) is 2. The molecule has 0 aromatic carbocycles. The molecule has 0 spiro atoms. The van der Waals surface area contributed by atoms with Gasteiger partial charge in [0.1, 0.15) is 0 Å². The third kappa shape index (κ3) is 1.13. The van der Waals surface area contributed by atoms with E-state index in [-0.39, 0.29) is 0 Å². The minimum Gasteiger partial charge on any atom is -0.301 e. The van der Waals surface area contributed by atoms with Gasteiger partial charge in [0.25, 0.3) is 0 Å². The van der Waals surface area contributed by atoms with Gasteiger partial charge in [-0.3, -0.25) is 0 Å². The van der Waals surface area contributed by atoms with Gasteiger partial charge in [0, 0.05) is 0 Å². The van der Waals surface area contributed by atoms with E-state index in [0.29, 0.717) is 11.4 Å². The molecule has 1 aliphatic rings. The van der Waals surface area contributed by atoms with E-state index in [2.05, 4.69) is 0 Å². The Morgan fingerprint density at radius 3 is 2.33 bits per heavy atom. The van der Waals surface area contributed by atoms with Crippen molar-refractivity contribution in [2.75, 3.05) is 0 Å². The van der Waals surface area contributed by atoms with Crippen LogP contribution < -0.4 is 0 Å². The molecule has 0 aliphatic heterocycles. The summed E-state index contributed by atoms with van der Waals surface area (Å²) in [6.07, 6.45) is 4.94. The van der Waals surface area contributed by atoms with Crippen LogP contribution in [0.4, 0.5) is 0 Å². The summed E-state index contributed by atoms with van der Waals surface area (Å²) in [5, 5.41) is 14.4. The Morgan fingerprint density at radius 1 is 1.22 bits per heavy atom. The van der Waals surface area contributed by atoms with Crippen molar-refractivity contribution in [2.45, 2.75) is 6.92 Å². The highest BCUT2D eigenvalue weighted by atomic mass is 14.4. The van der Waals surface area contributed by atoms with Crippen molar-refractivity contribution in [3.05, 3.63) is 23.8 Å². The molecule has 0 aromatic rings. The van der Waals surface area contributed by atoms with E-state index in [1.165, 1.54) is 0 Å². The lowest BCUT2D eigenvalue weighted by atomic mass is 10.1. The lowest BCUT2D eigenvalue weighted by Gasteiger charge is -2.02. The molecule has 2 heteroatoms. The van der Waals surface area contributed by atoms with Crippen LogP contribution in [0.15, 0.2) is 23.8 Å². The quantitative estimate of drug-likeness (QED) is 0.455. The van der Waals surface area contributed by atoms with E-state index in [0.717, 1.165) is 5.57 Å². The van der Waals surface area contributed by atoms with E-state index >= 15 is 0 Å². The standard InChI is InChI=1S/C7H8N2/c1-5-4-6(8)2-3-7(5)9/h2-4,8-9H,1H3. The molecule has 2 nitrogen and oxygen atoms in total. The van der Waals surface area contributed by atoms with Gasteiger partial charge in [-0.2, -0.15) is 0 Å². The molecular formula is C7H8N2. The van der Waals surface area contributed by atoms with Gasteiger partial charge >= 0.3 is 0 Å². The summed E-state index contributed by atoms with van der Waals surface area (Å²) in [4.78, 5) is 0. The lowest BCUT2D eigenvalue weighted by Crippen LogP contribution is -2.02. The molecule has 1 rings (SSSR count). The second-order valence-electron chi connectivity index (χ2n) is 2.03. The maximum atomic E-state index is 7.23. The summed E-state index contributed by atoms with van der Waals surface area (Å²) < 4.78 is 0. The van der Waals surface area contributed by atoms with Crippen LogP contribution in [0.1, 0.15) is 6.92 Å². The van der Waals surface area contributed by atoms with Gasteiger partial charge < -0.3 is 10.8 Å². The maximum Gasteiger partial charge on any atom is 0.0570 e. The first-order valence-corrected chi connectivity index (χ1v) is 2.74. The number of allylic oxidation sites excluding steroid dienone is 4. The van der Waals surface area contributed by atoms with Gasteiger partial charge in [0.2, 0.25) is 0 Å². The van der Waals surface area contributed by atoms with Gasteiger partial charge in [-0.05, 0) is 30.7 Å². The van der Waals surface area contributed by atoms with Crippen molar-refractivity contribution in [3.63, 3.8) is 0 Å².